The molecule has 2 N–H and O–H groups in total. The standard InChI is InChI=1S/C21H32N2O3.ClH/c1-17-5-3-4-6-18(17)21(9-13-26-14-10-21)19(24)23-15-20(16-25-2)7-11-22-12-8-20;/h3-6,22H,7-16H2,1-2H3,(H,23,24);1H. The van der Waals surface area contributed by atoms with Crippen LogP contribution in [-0.2, 0) is 19.7 Å². The summed E-state index contributed by atoms with van der Waals surface area (Å²) in [4.78, 5) is 13.4. The number of rotatable bonds is 6. The minimum absolute atomic E-state index is 0. The van der Waals surface area contributed by atoms with Gasteiger partial charge in [0.1, 0.15) is 0 Å². The van der Waals surface area contributed by atoms with E-state index >= 15 is 0 Å². The molecule has 27 heavy (non-hydrogen) atoms. The Labute approximate surface area is 169 Å². The van der Waals surface area contributed by atoms with Crippen molar-refractivity contribution in [1.82, 2.24) is 10.6 Å². The Hall–Kier alpha value is -1.14. The van der Waals surface area contributed by atoms with Crippen molar-refractivity contribution in [2.45, 2.75) is 38.0 Å². The minimum atomic E-state index is -0.481. The van der Waals surface area contributed by atoms with Crippen LogP contribution >= 0.6 is 12.4 Å². The highest BCUT2D eigenvalue weighted by molar-refractivity contribution is 5.88. The van der Waals surface area contributed by atoms with Crippen molar-refractivity contribution < 1.29 is 14.3 Å². The monoisotopic (exact) mass is 396 g/mol. The van der Waals surface area contributed by atoms with E-state index in [-0.39, 0.29) is 23.7 Å². The van der Waals surface area contributed by atoms with Gasteiger partial charge in [-0.2, -0.15) is 0 Å². The molecule has 0 aliphatic carbocycles. The van der Waals surface area contributed by atoms with Crippen LogP contribution in [0.15, 0.2) is 24.3 Å². The van der Waals surface area contributed by atoms with Gasteiger partial charge in [-0.15, -0.1) is 12.4 Å². The van der Waals surface area contributed by atoms with Crippen molar-refractivity contribution in [3.63, 3.8) is 0 Å². The number of carbonyl (C=O) groups is 1. The van der Waals surface area contributed by atoms with Gasteiger partial charge in [-0.3, -0.25) is 4.79 Å². The van der Waals surface area contributed by atoms with Crippen LogP contribution in [0.5, 0.6) is 0 Å². The molecule has 2 aliphatic rings. The van der Waals surface area contributed by atoms with Gasteiger partial charge in [-0.25, -0.2) is 0 Å². The number of hydrogen-bond acceptors (Lipinski definition) is 4. The second-order valence-corrected chi connectivity index (χ2v) is 7.88. The molecule has 152 valence electrons. The predicted molar refractivity (Wildman–Crippen MR) is 110 cm³/mol. The number of halogens is 1. The number of nitrogens with one attached hydrogen (secondary N) is 2. The van der Waals surface area contributed by atoms with Crippen LogP contribution in [0.2, 0.25) is 0 Å². The second kappa shape index (κ2) is 9.87. The number of benzene rings is 1. The zero-order valence-electron chi connectivity index (χ0n) is 16.5. The Kier molecular flexibility index (Phi) is 8.10. The third-order valence-corrected chi connectivity index (χ3v) is 6.18. The number of amides is 1. The van der Waals surface area contributed by atoms with Gasteiger partial charge in [0.25, 0.3) is 0 Å². The number of hydrogen-bond donors (Lipinski definition) is 2. The van der Waals surface area contributed by atoms with Crippen molar-refractivity contribution in [1.29, 1.82) is 0 Å². The normalized spacial score (nSPS) is 21.1. The molecule has 0 bridgehead atoms. The Morgan fingerprint density at radius 3 is 2.48 bits per heavy atom. The van der Waals surface area contributed by atoms with Crippen molar-refractivity contribution in [3.05, 3.63) is 35.4 Å². The van der Waals surface area contributed by atoms with Crippen LogP contribution in [0, 0.1) is 12.3 Å². The summed E-state index contributed by atoms with van der Waals surface area (Å²) in [5.74, 6) is 0.143. The molecule has 0 atom stereocenters. The SMILES string of the molecule is COCC1(CNC(=O)C2(c3ccccc3C)CCOCC2)CCNCC1.Cl. The Morgan fingerprint density at radius 2 is 1.85 bits per heavy atom. The smallest absolute Gasteiger partial charge is 0.230 e. The molecule has 0 radical (unpaired) electrons. The molecule has 0 spiro atoms. The molecule has 1 aromatic carbocycles. The van der Waals surface area contributed by atoms with Gasteiger partial charge in [0.15, 0.2) is 0 Å². The highest BCUT2D eigenvalue weighted by Gasteiger charge is 2.43. The number of carbonyl (C=O) groups excluding carboxylic acids is 1. The molecule has 2 heterocycles. The molecule has 2 aliphatic heterocycles. The van der Waals surface area contributed by atoms with E-state index in [9.17, 15) is 4.79 Å². The molecule has 1 aromatic rings. The predicted octanol–water partition coefficient (Wildman–Crippen LogP) is 2.60. The zero-order valence-corrected chi connectivity index (χ0v) is 17.3. The number of ether oxygens (including phenoxy) is 2. The van der Waals surface area contributed by atoms with E-state index in [0.717, 1.165) is 44.3 Å². The van der Waals surface area contributed by atoms with Crippen LogP contribution in [0.25, 0.3) is 0 Å². The average Bonchev–Trinajstić information content (AvgIpc) is 2.68. The lowest BCUT2D eigenvalue weighted by Crippen LogP contribution is -2.53. The third kappa shape index (κ3) is 4.83. The summed E-state index contributed by atoms with van der Waals surface area (Å²) in [6, 6.07) is 8.27. The maximum atomic E-state index is 13.4. The van der Waals surface area contributed by atoms with E-state index in [4.69, 9.17) is 9.47 Å². The Bertz CT molecular complexity index is 606. The molecular weight excluding hydrogens is 364 g/mol. The lowest BCUT2D eigenvalue weighted by molar-refractivity contribution is -0.131. The molecule has 0 unspecified atom stereocenters. The van der Waals surface area contributed by atoms with E-state index < -0.39 is 5.41 Å². The van der Waals surface area contributed by atoms with Gasteiger partial charge in [-0.1, -0.05) is 24.3 Å². The lowest BCUT2D eigenvalue weighted by Gasteiger charge is -2.40. The van der Waals surface area contributed by atoms with Crippen LogP contribution in [0.3, 0.4) is 0 Å². The highest BCUT2D eigenvalue weighted by atomic mass is 35.5. The fourth-order valence-corrected chi connectivity index (χ4v) is 4.52. The zero-order chi connectivity index (χ0) is 18.5. The van der Waals surface area contributed by atoms with Crippen molar-refractivity contribution in [2.75, 3.05) is 46.6 Å². The molecule has 2 saturated heterocycles. The van der Waals surface area contributed by atoms with E-state index in [2.05, 4.69) is 29.7 Å². The van der Waals surface area contributed by atoms with Crippen LogP contribution in [-0.4, -0.2) is 52.5 Å². The molecule has 3 rings (SSSR count). The molecule has 0 saturated carbocycles. The van der Waals surface area contributed by atoms with Gasteiger partial charge in [0, 0.05) is 32.3 Å². The number of piperidine rings is 1. The number of aryl methyl sites for hydroxylation is 1. The molecular formula is C21H33ClN2O3. The maximum Gasteiger partial charge on any atom is 0.230 e. The second-order valence-electron chi connectivity index (χ2n) is 7.88. The van der Waals surface area contributed by atoms with Gasteiger partial charge < -0.3 is 20.1 Å². The quantitative estimate of drug-likeness (QED) is 0.776. The summed E-state index contributed by atoms with van der Waals surface area (Å²) in [6.07, 6.45) is 3.54. The van der Waals surface area contributed by atoms with E-state index in [1.165, 1.54) is 5.56 Å². The fourth-order valence-electron chi connectivity index (χ4n) is 4.52. The summed E-state index contributed by atoms with van der Waals surface area (Å²) in [5, 5.41) is 6.72. The van der Waals surface area contributed by atoms with Gasteiger partial charge in [0.2, 0.25) is 5.91 Å². The first-order chi connectivity index (χ1) is 12.6. The summed E-state index contributed by atoms with van der Waals surface area (Å²) < 4.78 is 11.1. The molecule has 1 amide bonds. The topological polar surface area (TPSA) is 59.6 Å². The van der Waals surface area contributed by atoms with Crippen molar-refractivity contribution in [3.8, 4) is 0 Å². The first kappa shape index (κ1) is 22.2. The highest BCUT2D eigenvalue weighted by Crippen LogP contribution is 2.37. The molecule has 6 heteroatoms. The first-order valence-electron chi connectivity index (χ1n) is 9.74. The van der Waals surface area contributed by atoms with E-state index in [1.807, 2.05) is 12.1 Å². The Morgan fingerprint density at radius 1 is 1.19 bits per heavy atom. The van der Waals surface area contributed by atoms with E-state index in [0.29, 0.717) is 26.4 Å². The van der Waals surface area contributed by atoms with Gasteiger partial charge in [-0.05, 0) is 56.8 Å². The van der Waals surface area contributed by atoms with Crippen molar-refractivity contribution >= 4 is 18.3 Å². The Balaban J connectivity index is 0.00000261. The maximum absolute atomic E-state index is 13.4. The summed E-state index contributed by atoms with van der Waals surface area (Å²) in [7, 11) is 1.75. The summed E-state index contributed by atoms with van der Waals surface area (Å²) in [6.45, 7) is 6.69. The molecule has 5 nitrogen and oxygen atoms in total. The summed E-state index contributed by atoms with van der Waals surface area (Å²) in [5.41, 5.74) is 1.88. The average molecular weight is 397 g/mol. The fraction of sp³-hybridized carbons (Fsp3) is 0.667. The lowest BCUT2D eigenvalue weighted by atomic mass is 9.71. The largest absolute Gasteiger partial charge is 0.384 e. The van der Waals surface area contributed by atoms with Gasteiger partial charge in [0.05, 0.1) is 12.0 Å². The van der Waals surface area contributed by atoms with E-state index in [1.54, 1.807) is 7.11 Å². The molecule has 2 fully saturated rings. The van der Waals surface area contributed by atoms with Crippen LogP contribution in [0.4, 0.5) is 0 Å². The van der Waals surface area contributed by atoms with Gasteiger partial charge >= 0.3 is 0 Å². The first-order valence-corrected chi connectivity index (χ1v) is 9.74. The molecule has 0 aromatic heterocycles. The van der Waals surface area contributed by atoms with Crippen LogP contribution < -0.4 is 10.6 Å². The number of methoxy groups -OCH3 is 1. The minimum Gasteiger partial charge on any atom is -0.384 e. The van der Waals surface area contributed by atoms with Crippen LogP contribution in [0.1, 0.15) is 36.8 Å². The van der Waals surface area contributed by atoms with Crippen molar-refractivity contribution in [2.24, 2.45) is 5.41 Å². The summed E-state index contributed by atoms with van der Waals surface area (Å²) >= 11 is 0. The third-order valence-electron chi connectivity index (χ3n) is 6.18.